The molecule has 0 unspecified atom stereocenters. The second-order valence-corrected chi connectivity index (χ2v) is 14.9. The normalized spacial score (nSPS) is 17.5. The fraction of sp³-hybridized carbons (Fsp3) is 0.367. The van der Waals surface area contributed by atoms with Crippen LogP contribution in [0.2, 0.25) is 0 Å². The Hall–Kier alpha value is -6.51. The number of hydrogen-bond donors (Lipinski definition) is 0. The predicted molar refractivity (Wildman–Crippen MR) is 228 cm³/mol. The Labute approximate surface area is 366 Å². The van der Waals surface area contributed by atoms with E-state index < -0.39 is 54.3 Å². The molecule has 4 aromatic carbocycles. The Morgan fingerprint density at radius 1 is 0.508 bits per heavy atom. The molecule has 14 heteroatoms. The molecule has 0 bridgehead atoms. The molecule has 4 aromatic rings. The molecule has 332 valence electrons. The first kappa shape index (κ1) is 46.0. The zero-order valence-electron chi connectivity index (χ0n) is 35.2. The molecule has 0 aliphatic carbocycles. The molecule has 2 aliphatic rings. The number of carbonyl (C=O) groups excluding carboxylic acids is 5. The van der Waals surface area contributed by atoms with E-state index >= 15 is 0 Å². The quantitative estimate of drug-likeness (QED) is 0.0229. The van der Waals surface area contributed by atoms with Crippen LogP contribution in [-0.4, -0.2) is 87.3 Å². The number of benzene rings is 4. The van der Waals surface area contributed by atoms with Gasteiger partial charge < -0.3 is 42.6 Å². The fourth-order valence-electron chi connectivity index (χ4n) is 6.77. The summed E-state index contributed by atoms with van der Waals surface area (Å²) in [6.07, 6.45) is 6.22. The van der Waals surface area contributed by atoms with Crippen LogP contribution < -0.4 is 18.9 Å². The van der Waals surface area contributed by atoms with Gasteiger partial charge in [0.05, 0.1) is 55.3 Å². The summed E-state index contributed by atoms with van der Waals surface area (Å²) in [4.78, 5) is 62.6. The van der Waals surface area contributed by atoms with Crippen LogP contribution in [0.15, 0.2) is 110 Å². The van der Waals surface area contributed by atoms with Crippen molar-refractivity contribution in [1.29, 1.82) is 0 Å². The number of unbranched alkanes of at least 4 members (excludes halogenated alkanes) is 6. The third kappa shape index (κ3) is 13.7. The molecule has 2 heterocycles. The van der Waals surface area contributed by atoms with Crippen LogP contribution in [0.5, 0.6) is 23.0 Å². The Bertz CT molecular complexity index is 2130. The Morgan fingerprint density at radius 3 is 1.27 bits per heavy atom. The minimum absolute atomic E-state index is 0.0418. The van der Waals surface area contributed by atoms with Crippen molar-refractivity contribution >= 4 is 29.8 Å². The second-order valence-electron chi connectivity index (χ2n) is 14.9. The summed E-state index contributed by atoms with van der Waals surface area (Å²) < 4.78 is 50.6. The van der Waals surface area contributed by atoms with E-state index in [9.17, 15) is 24.0 Å². The smallest absolute Gasteiger partial charge is 0.343 e. The molecule has 4 atom stereocenters. The van der Waals surface area contributed by atoms with Gasteiger partial charge in [-0.05, 0) is 129 Å². The van der Waals surface area contributed by atoms with Gasteiger partial charge in [0.25, 0.3) is 0 Å². The molecule has 63 heavy (non-hydrogen) atoms. The highest BCUT2D eigenvalue weighted by molar-refractivity contribution is 5.93. The third-order valence-electron chi connectivity index (χ3n) is 10.2. The van der Waals surface area contributed by atoms with Crippen molar-refractivity contribution in [2.45, 2.75) is 82.7 Å². The van der Waals surface area contributed by atoms with Gasteiger partial charge in [0.15, 0.2) is 12.2 Å². The first-order valence-corrected chi connectivity index (χ1v) is 21.2. The summed E-state index contributed by atoms with van der Waals surface area (Å²) in [5.41, 5.74) is 1.14. The molecule has 6 rings (SSSR count). The number of rotatable bonds is 23. The van der Waals surface area contributed by atoms with Crippen LogP contribution in [-0.2, 0) is 28.5 Å². The minimum Gasteiger partial charge on any atom is -0.494 e. The van der Waals surface area contributed by atoms with Gasteiger partial charge >= 0.3 is 29.8 Å². The zero-order valence-corrected chi connectivity index (χ0v) is 35.2. The standard InChI is InChI=1S/C49H52O14/c1-3-5-6-9-28-55-37-20-12-33(13-21-37)46(51)60-39-24-16-35(17-25-39)48(53)62-41-31-58-45-42(32-59-44(41)45)63-49(54)36-18-26-40(27-19-36)61-47(52)34-14-22-38(23-15-34)56-29-10-7-8-11-30-57-43(50)4-2/h4,12-27,41-42,44-45H,2-3,5-11,28-32H2,1H3/t41-,42+,44+,45+/m1/s1. The number of ether oxygens (including phenoxy) is 9. The number of hydrogen-bond acceptors (Lipinski definition) is 14. The van der Waals surface area contributed by atoms with Crippen molar-refractivity contribution < 1.29 is 66.6 Å². The molecule has 0 amide bonds. The molecular weight excluding hydrogens is 813 g/mol. The fourth-order valence-corrected chi connectivity index (χ4v) is 6.77. The SMILES string of the molecule is C=CC(=O)OCCCCCCOc1ccc(C(=O)Oc2ccc(C(=O)O[C@H]3CO[C@@H]4[C@H]3OC[C@H]4OC(=O)c3ccc(OC(=O)c4ccc(OCCCCCC)cc4)cc3)cc2)cc1. The molecule has 2 saturated heterocycles. The molecular formula is C49H52O14. The molecule has 2 fully saturated rings. The van der Waals surface area contributed by atoms with Crippen molar-refractivity contribution in [2.75, 3.05) is 33.0 Å². The average Bonchev–Trinajstić information content (AvgIpc) is 3.90. The van der Waals surface area contributed by atoms with Crippen molar-refractivity contribution in [3.63, 3.8) is 0 Å². The highest BCUT2D eigenvalue weighted by Crippen LogP contribution is 2.32. The van der Waals surface area contributed by atoms with E-state index in [-0.39, 0.29) is 35.8 Å². The third-order valence-corrected chi connectivity index (χ3v) is 10.2. The molecule has 2 aliphatic heterocycles. The zero-order chi connectivity index (χ0) is 44.4. The highest BCUT2D eigenvalue weighted by Gasteiger charge is 2.51. The maximum atomic E-state index is 13.1. The van der Waals surface area contributed by atoms with Crippen molar-refractivity contribution in [2.24, 2.45) is 0 Å². The second kappa shape index (κ2) is 23.6. The van der Waals surface area contributed by atoms with Crippen molar-refractivity contribution in [3.05, 3.63) is 132 Å². The Kier molecular flexibility index (Phi) is 17.3. The van der Waals surface area contributed by atoms with E-state index in [1.54, 1.807) is 48.5 Å². The Balaban J connectivity index is 0.885. The lowest BCUT2D eigenvalue weighted by Crippen LogP contribution is -2.36. The van der Waals surface area contributed by atoms with Gasteiger partial charge in [-0.1, -0.05) is 32.8 Å². The maximum absolute atomic E-state index is 13.1. The molecule has 0 spiro atoms. The highest BCUT2D eigenvalue weighted by atomic mass is 16.7. The summed E-state index contributed by atoms with van der Waals surface area (Å²) in [7, 11) is 0. The number of fused-ring (bicyclic) bond motifs is 1. The summed E-state index contributed by atoms with van der Waals surface area (Å²) >= 11 is 0. The number of carbonyl (C=O) groups is 5. The van der Waals surface area contributed by atoms with Crippen LogP contribution >= 0.6 is 0 Å². The van der Waals surface area contributed by atoms with Gasteiger partial charge in [0.1, 0.15) is 35.2 Å². The summed E-state index contributed by atoms with van der Waals surface area (Å²) in [6.45, 7) is 7.11. The van der Waals surface area contributed by atoms with Gasteiger partial charge in [-0.25, -0.2) is 24.0 Å². The van der Waals surface area contributed by atoms with Crippen LogP contribution in [0.4, 0.5) is 0 Å². The topological polar surface area (TPSA) is 168 Å². The lowest BCUT2D eigenvalue weighted by atomic mass is 10.1. The minimum atomic E-state index is -0.746. The molecule has 0 saturated carbocycles. The lowest BCUT2D eigenvalue weighted by molar-refractivity contribution is -0.137. The van der Waals surface area contributed by atoms with E-state index in [1.165, 1.54) is 55.0 Å². The van der Waals surface area contributed by atoms with Crippen LogP contribution in [0, 0.1) is 0 Å². The van der Waals surface area contributed by atoms with E-state index in [2.05, 4.69) is 13.5 Å². The Morgan fingerprint density at radius 2 is 0.873 bits per heavy atom. The van der Waals surface area contributed by atoms with Crippen LogP contribution in [0.3, 0.4) is 0 Å². The summed E-state index contributed by atoms with van der Waals surface area (Å²) in [6, 6.07) is 25.3. The van der Waals surface area contributed by atoms with E-state index in [0.29, 0.717) is 42.4 Å². The molecule has 0 aromatic heterocycles. The first-order chi connectivity index (χ1) is 30.7. The van der Waals surface area contributed by atoms with Crippen LogP contribution in [0.1, 0.15) is 99.7 Å². The summed E-state index contributed by atoms with van der Waals surface area (Å²) in [5.74, 6) is -0.995. The monoisotopic (exact) mass is 864 g/mol. The van der Waals surface area contributed by atoms with Crippen LogP contribution in [0.25, 0.3) is 0 Å². The van der Waals surface area contributed by atoms with E-state index in [0.717, 1.165) is 51.0 Å². The summed E-state index contributed by atoms with van der Waals surface area (Å²) in [5, 5.41) is 0. The maximum Gasteiger partial charge on any atom is 0.343 e. The van der Waals surface area contributed by atoms with Crippen molar-refractivity contribution in [1.82, 2.24) is 0 Å². The van der Waals surface area contributed by atoms with Crippen molar-refractivity contribution in [3.8, 4) is 23.0 Å². The number of esters is 5. The van der Waals surface area contributed by atoms with Gasteiger partial charge in [0.2, 0.25) is 0 Å². The van der Waals surface area contributed by atoms with Gasteiger partial charge in [-0.3, -0.25) is 0 Å². The predicted octanol–water partition coefficient (Wildman–Crippen LogP) is 8.30. The lowest BCUT2D eigenvalue weighted by Gasteiger charge is -2.17. The van der Waals surface area contributed by atoms with E-state index in [1.807, 2.05) is 0 Å². The molecule has 14 nitrogen and oxygen atoms in total. The molecule has 0 N–H and O–H groups in total. The molecule has 0 radical (unpaired) electrons. The van der Waals surface area contributed by atoms with Gasteiger partial charge in [-0.15, -0.1) is 0 Å². The largest absolute Gasteiger partial charge is 0.494 e. The first-order valence-electron chi connectivity index (χ1n) is 21.2. The van der Waals surface area contributed by atoms with Gasteiger partial charge in [-0.2, -0.15) is 0 Å². The van der Waals surface area contributed by atoms with E-state index in [4.69, 9.17) is 42.6 Å². The van der Waals surface area contributed by atoms with Gasteiger partial charge in [0, 0.05) is 6.08 Å². The average molecular weight is 865 g/mol.